The highest BCUT2D eigenvalue weighted by atomic mass is 35.5. The fourth-order valence-corrected chi connectivity index (χ4v) is 3.21. The van der Waals surface area contributed by atoms with E-state index in [1.807, 2.05) is 6.07 Å². The van der Waals surface area contributed by atoms with Crippen LogP contribution < -0.4 is 0 Å². The second kappa shape index (κ2) is 3.73. The van der Waals surface area contributed by atoms with Gasteiger partial charge in [0, 0.05) is 6.26 Å². The molecule has 0 N–H and O–H groups in total. The fraction of sp³-hybridized carbons (Fsp3) is 0.222. The van der Waals surface area contributed by atoms with Gasteiger partial charge < -0.3 is 0 Å². The summed E-state index contributed by atoms with van der Waals surface area (Å²) in [5, 5.41) is 0. The summed E-state index contributed by atoms with van der Waals surface area (Å²) in [6.07, 6.45) is 1.22. The van der Waals surface area contributed by atoms with Crippen molar-refractivity contribution in [2.75, 3.05) is 6.26 Å². The van der Waals surface area contributed by atoms with Crippen LogP contribution in [0.15, 0.2) is 18.2 Å². The minimum atomic E-state index is -2.99. The van der Waals surface area contributed by atoms with E-state index in [-0.39, 0.29) is 5.75 Å². The number of nitrogens with zero attached hydrogens (tertiary/aromatic N) is 1. The quantitative estimate of drug-likeness (QED) is 0.835. The van der Waals surface area contributed by atoms with Gasteiger partial charge in [-0.15, -0.1) is 11.3 Å². The van der Waals surface area contributed by atoms with E-state index in [1.54, 1.807) is 12.1 Å². The van der Waals surface area contributed by atoms with Gasteiger partial charge in [-0.25, -0.2) is 13.4 Å². The minimum Gasteiger partial charge on any atom is -0.229 e. The molecule has 0 saturated heterocycles. The molecular weight excluding hydrogens is 254 g/mol. The maximum Gasteiger partial charge on any atom is 0.184 e. The van der Waals surface area contributed by atoms with Crippen molar-refractivity contribution in [1.29, 1.82) is 0 Å². The Kier molecular flexibility index (Phi) is 2.70. The first-order valence-electron chi connectivity index (χ1n) is 4.17. The first-order valence-corrected chi connectivity index (χ1v) is 7.42. The van der Waals surface area contributed by atoms with Gasteiger partial charge in [-0.1, -0.05) is 17.7 Å². The number of thiazole rings is 1. The molecule has 0 radical (unpaired) electrons. The molecule has 0 atom stereocenters. The number of fused-ring (bicyclic) bond motifs is 1. The van der Waals surface area contributed by atoms with Crippen LogP contribution in [0.25, 0.3) is 10.2 Å². The monoisotopic (exact) mass is 261 g/mol. The molecule has 0 fully saturated rings. The van der Waals surface area contributed by atoms with Crippen molar-refractivity contribution in [2.45, 2.75) is 5.75 Å². The van der Waals surface area contributed by atoms with Crippen LogP contribution in [0.2, 0.25) is 4.47 Å². The number of benzene rings is 1. The number of halogens is 1. The molecule has 0 spiro atoms. The lowest BCUT2D eigenvalue weighted by Crippen LogP contribution is -2.00. The Morgan fingerprint density at radius 2 is 2.20 bits per heavy atom. The molecule has 0 amide bonds. The van der Waals surface area contributed by atoms with Crippen molar-refractivity contribution in [3.63, 3.8) is 0 Å². The Bertz CT molecular complexity index is 604. The Morgan fingerprint density at radius 3 is 2.87 bits per heavy atom. The van der Waals surface area contributed by atoms with Crippen LogP contribution in [-0.4, -0.2) is 19.7 Å². The zero-order valence-corrected chi connectivity index (χ0v) is 10.3. The minimum absolute atomic E-state index is 0.0540. The van der Waals surface area contributed by atoms with Crippen LogP contribution in [0.4, 0.5) is 0 Å². The molecule has 0 saturated carbocycles. The fourth-order valence-electron chi connectivity index (χ4n) is 1.33. The maximum atomic E-state index is 11.1. The van der Waals surface area contributed by atoms with Crippen molar-refractivity contribution in [1.82, 2.24) is 4.98 Å². The molecule has 80 valence electrons. The lowest BCUT2D eigenvalue weighted by atomic mass is 10.2. The number of rotatable bonds is 2. The van der Waals surface area contributed by atoms with Crippen LogP contribution in [0.3, 0.4) is 0 Å². The smallest absolute Gasteiger partial charge is 0.184 e. The molecule has 0 bridgehead atoms. The van der Waals surface area contributed by atoms with Gasteiger partial charge in [-0.2, -0.15) is 0 Å². The van der Waals surface area contributed by atoms with Crippen molar-refractivity contribution >= 4 is 43.0 Å². The Balaban J connectivity index is 2.47. The van der Waals surface area contributed by atoms with E-state index in [1.165, 1.54) is 17.6 Å². The predicted octanol–water partition coefficient (Wildman–Crippen LogP) is 2.49. The maximum absolute atomic E-state index is 11.1. The average molecular weight is 262 g/mol. The van der Waals surface area contributed by atoms with E-state index < -0.39 is 9.84 Å². The average Bonchev–Trinajstić information content (AvgIpc) is 2.40. The van der Waals surface area contributed by atoms with E-state index in [4.69, 9.17) is 11.6 Å². The Labute approximate surface area is 96.6 Å². The van der Waals surface area contributed by atoms with E-state index in [9.17, 15) is 8.42 Å². The van der Waals surface area contributed by atoms with Gasteiger partial charge in [0.1, 0.15) is 0 Å². The van der Waals surface area contributed by atoms with E-state index in [0.29, 0.717) is 4.47 Å². The van der Waals surface area contributed by atoms with Gasteiger partial charge in [0.05, 0.1) is 16.0 Å². The van der Waals surface area contributed by atoms with Gasteiger partial charge in [-0.3, -0.25) is 0 Å². The summed E-state index contributed by atoms with van der Waals surface area (Å²) in [6, 6.07) is 5.37. The third-order valence-corrected chi connectivity index (χ3v) is 3.84. The van der Waals surface area contributed by atoms with Crippen LogP contribution in [0.1, 0.15) is 5.56 Å². The first-order chi connectivity index (χ1) is 6.94. The zero-order valence-electron chi connectivity index (χ0n) is 7.90. The van der Waals surface area contributed by atoms with Crippen molar-refractivity contribution < 1.29 is 8.42 Å². The molecule has 0 aliphatic rings. The summed E-state index contributed by atoms with van der Waals surface area (Å²) >= 11 is 7.11. The molecule has 1 aromatic carbocycles. The highest BCUT2D eigenvalue weighted by Crippen LogP contribution is 2.26. The third kappa shape index (κ3) is 2.68. The van der Waals surface area contributed by atoms with Gasteiger partial charge in [0.25, 0.3) is 0 Å². The topological polar surface area (TPSA) is 47.0 Å². The first kappa shape index (κ1) is 10.9. The summed E-state index contributed by atoms with van der Waals surface area (Å²) in [6.45, 7) is 0. The van der Waals surface area contributed by atoms with Crippen LogP contribution >= 0.6 is 22.9 Å². The zero-order chi connectivity index (χ0) is 11.1. The van der Waals surface area contributed by atoms with Gasteiger partial charge in [-0.05, 0) is 17.7 Å². The van der Waals surface area contributed by atoms with Crippen molar-refractivity contribution in [3.05, 3.63) is 28.2 Å². The predicted molar refractivity (Wildman–Crippen MR) is 63.2 cm³/mol. The molecule has 0 aliphatic carbocycles. The number of hydrogen-bond acceptors (Lipinski definition) is 4. The molecule has 6 heteroatoms. The van der Waals surface area contributed by atoms with Crippen LogP contribution in [0.5, 0.6) is 0 Å². The summed E-state index contributed by atoms with van der Waals surface area (Å²) in [7, 11) is -2.99. The lowest BCUT2D eigenvalue weighted by molar-refractivity contribution is 0.601. The molecule has 0 unspecified atom stereocenters. The van der Waals surface area contributed by atoms with E-state index in [2.05, 4.69) is 4.98 Å². The highest BCUT2D eigenvalue weighted by Gasteiger charge is 2.07. The van der Waals surface area contributed by atoms with Crippen LogP contribution in [0, 0.1) is 0 Å². The molecular formula is C9H8ClNO2S2. The normalized spacial score (nSPS) is 12.1. The Morgan fingerprint density at radius 1 is 1.47 bits per heavy atom. The summed E-state index contributed by atoms with van der Waals surface area (Å²) in [4.78, 5) is 4.09. The second-order valence-electron chi connectivity index (χ2n) is 3.34. The van der Waals surface area contributed by atoms with E-state index >= 15 is 0 Å². The highest BCUT2D eigenvalue weighted by molar-refractivity contribution is 7.89. The van der Waals surface area contributed by atoms with Gasteiger partial charge >= 0.3 is 0 Å². The molecule has 2 aromatic rings. The molecule has 2 rings (SSSR count). The molecule has 3 nitrogen and oxygen atoms in total. The standard InChI is InChI=1S/C9H8ClNO2S2/c1-15(12,13)5-6-2-3-7-8(4-6)14-9(10)11-7/h2-4H,5H2,1H3. The number of aromatic nitrogens is 1. The summed E-state index contributed by atoms with van der Waals surface area (Å²) in [5.74, 6) is 0.0540. The molecule has 1 heterocycles. The lowest BCUT2D eigenvalue weighted by Gasteiger charge is -1.98. The number of sulfone groups is 1. The summed E-state index contributed by atoms with van der Waals surface area (Å²) < 4.78 is 23.6. The van der Waals surface area contributed by atoms with Crippen molar-refractivity contribution in [3.8, 4) is 0 Å². The molecule has 15 heavy (non-hydrogen) atoms. The van der Waals surface area contributed by atoms with Crippen molar-refractivity contribution in [2.24, 2.45) is 0 Å². The molecule has 0 aliphatic heterocycles. The SMILES string of the molecule is CS(=O)(=O)Cc1ccc2nc(Cl)sc2c1. The number of hydrogen-bond donors (Lipinski definition) is 0. The largest absolute Gasteiger partial charge is 0.229 e. The van der Waals surface area contributed by atoms with E-state index in [0.717, 1.165) is 15.8 Å². The van der Waals surface area contributed by atoms with Gasteiger partial charge in [0.2, 0.25) is 0 Å². The second-order valence-corrected chi connectivity index (χ2v) is 7.09. The van der Waals surface area contributed by atoms with Crippen LogP contribution in [-0.2, 0) is 15.6 Å². The van der Waals surface area contributed by atoms with Gasteiger partial charge in [0.15, 0.2) is 14.3 Å². The summed E-state index contributed by atoms with van der Waals surface area (Å²) in [5.41, 5.74) is 1.58. The molecule has 1 aromatic heterocycles. The third-order valence-electron chi connectivity index (χ3n) is 1.86. The Hall–Kier alpha value is -0.650.